The van der Waals surface area contributed by atoms with Gasteiger partial charge in [-0.15, -0.1) is 0 Å². The highest BCUT2D eigenvalue weighted by molar-refractivity contribution is 5.75. The zero-order chi connectivity index (χ0) is 11.5. The Labute approximate surface area is 92.2 Å². The first kappa shape index (κ1) is 14.4. The number of carbonyl (C=O) groups is 1. The van der Waals surface area contributed by atoms with E-state index >= 15 is 0 Å². The highest BCUT2D eigenvalue weighted by atomic mass is 16.3. The van der Waals surface area contributed by atoms with Gasteiger partial charge in [0, 0.05) is 13.0 Å². The molecule has 1 atom stereocenters. The molecule has 0 aromatic heterocycles. The van der Waals surface area contributed by atoms with Crippen LogP contribution in [0.1, 0.15) is 45.4 Å². The second kappa shape index (κ2) is 9.93. The Morgan fingerprint density at radius 3 is 2.60 bits per heavy atom. The third-order valence-electron chi connectivity index (χ3n) is 2.36. The fraction of sp³-hybridized carbons (Fsp3) is 0.909. The Kier molecular flexibility index (Phi) is 9.52. The van der Waals surface area contributed by atoms with Gasteiger partial charge in [-0.05, 0) is 25.8 Å². The first-order valence-corrected chi connectivity index (χ1v) is 5.85. The SMILES string of the molecule is CCC(O)CNC(=O)CCCCCCN. The van der Waals surface area contributed by atoms with E-state index in [1.807, 2.05) is 6.92 Å². The Morgan fingerprint density at radius 1 is 1.33 bits per heavy atom. The van der Waals surface area contributed by atoms with Crippen LogP contribution in [-0.2, 0) is 4.79 Å². The predicted octanol–water partition coefficient (Wildman–Crippen LogP) is 0.783. The Balaban J connectivity index is 3.26. The van der Waals surface area contributed by atoms with Crippen molar-refractivity contribution in [1.82, 2.24) is 5.32 Å². The number of hydrogen-bond donors (Lipinski definition) is 3. The summed E-state index contributed by atoms with van der Waals surface area (Å²) in [6, 6.07) is 0. The van der Waals surface area contributed by atoms with Crippen molar-refractivity contribution in [3.05, 3.63) is 0 Å². The molecule has 0 bridgehead atoms. The lowest BCUT2D eigenvalue weighted by Crippen LogP contribution is -2.31. The van der Waals surface area contributed by atoms with Gasteiger partial charge in [0.25, 0.3) is 0 Å². The van der Waals surface area contributed by atoms with Crippen LogP contribution in [0.2, 0.25) is 0 Å². The van der Waals surface area contributed by atoms with Crippen molar-refractivity contribution < 1.29 is 9.90 Å². The minimum Gasteiger partial charge on any atom is -0.391 e. The lowest BCUT2D eigenvalue weighted by Gasteiger charge is -2.09. The summed E-state index contributed by atoms with van der Waals surface area (Å²) in [5.74, 6) is 0.0373. The Bertz CT molecular complexity index is 163. The van der Waals surface area contributed by atoms with Crippen LogP contribution in [0.25, 0.3) is 0 Å². The second-order valence-corrected chi connectivity index (χ2v) is 3.82. The first-order valence-electron chi connectivity index (χ1n) is 5.85. The lowest BCUT2D eigenvalue weighted by molar-refractivity contribution is -0.121. The normalized spacial score (nSPS) is 12.5. The summed E-state index contributed by atoms with van der Waals surface area (Å²) in [6.45, 7) is 3.00. The standard InChI is InChI=1S/C11H24N2O2/c1-2-10(14)9-13-11(15)7-5-3-4-6-8-12/h10,14H,2-9,12H2,1H3,(H,13,15). The Morgan fingerprint density at radius 2 is 2.00 bits per heavy atom. The van der Waals surface area contributed by atoms with Gasteiger partial charge < -0.3 is 16.2 Å². The molecule has 0 aromatic carbocycles. The van der Waals surface area contributed by atoms with Gasteiger partial charge in [-0.3, -0.25) is 4.79 Å². The molecule has 0 rings (SSSR count). The molecule has 0 aliphatic carbocycles. The monoisotopic (exact) mass is 216 g/mol. The number of carbonyl (C=O) groups excluding carboxylic acids is 1. The van der Waals surface area contributed by atoms with Crippen molar-refractivity contribution in [3.63, 3.8) is 0 Å². The van der Waals surface area contributed by atoms with Crippen molar-refractivity contribution in [2.45, 2.75) is 51.6 Å². The number of rotatable bonds is 9. The maximum atomic E-state index is 11.2. The van der Waals surface area contributed by atoms with E-state index in [1.165, 1.54) is 0 Å². The van der Waals surface area contributed by atoms with Crippen LogP contribution in [-0.4, -0.2) is 30.2 Å². The van der Waals surface area contributed by atoms with Gasteiger partial charge in [0.05, 0.1) is 6.10 Å². The summed E-state index contributed by atoms with van der Waals surface area (Å²) in [5, 5.41) is 11.9. The zero-order valence-corrected chi connectivity index (χ0v) is 9.67. The fourth-order valence-electron chi connectivity index (χ4n) is 1.25. The summed E-state index contributed by atoms with van der Waals surface area (Å²) in [5.41, 5.74) is 5.36. The zero-order valence-electron chi connectivity index (χ0n) is 9.67. The lowest BCUT2D eigenvalue weighted by atomic mass is 10.1. The number of amides is 1. The molecule has 0 aromatic rings. The molecule has 0 fully saturated rings. The van der Waals surface area contributed by atoms with Gasteiger partial charge in [-0.1, -0.05) is 19.8 Å². The molecule has 15 heavy (non-hydrogen) atoms. The molecule has 1 amide bonds. The molecule has 0 spiro atoms. The molecule has 0 aliphatic heterocycles. The van der Waals surface area contributed by atoms with E-state index in [0.29, 0.717) is 19.4 Å². The van der Waals surface area contributed by atoms with E-state index < -0.39 is 6.10 Å². The average molecular weight is 216 g/mol. The van der Waals surface area contributed by atoms with Crippen LogP contribution >= 0.6 is 0 Å². The predicted molar refractivity (Wildman–Crippen MR) is 61.4 cm³/mol. The summed E-state index contributed by atoms with van der Waals surface area (Å²) < 4.78 is 0. The van der Waals surface area contributed by atoms with E-state index in [9.17, 15) is 9.90 Å². The number of unbranched alkanes of at least 4 members (excludes halogenated alkanes) is 3. The molecule has 1 unspecified atom stereocenters. The number of hydrogen-bond acceptors (Lipinski definition) is 3. The van der Waals surface area contributed by atoms with Crippen LogP contribution in [0, 0.1) is 0 Å². The van der Waals surface area contributed by atoms with Gasteiger partial charge in [-0.25, -0.2) is 0 Å². The van der Waals surface area contributed by atoms with Gasteiger partial charge >= 0.3 is 0 Å². The van der Waals surface area contributed by atoms with Crippen molar-refractivity contribution in [2.24, 2.45) is 5.73 Å². The summed E-state index contributed by atoms with van der Waals surface area (Å²) in [6.07, 6.45) is 4.93. The molecule has 0 saturated carbocycles. The maximum absolute atomic E-state index is 11.2. The van der Waals surface area contributed by atoms with E-state index in [1.54, 1.807) is 0 Å². The minimum absolute atomic E-state index is 0.0373. The smallest absolute Gasteiger partial charge is 0.220 e. The number of aliphatic hydroxyl groups is 1. The van der Waals surface area contributed by atoms with E-state index in [-0.39, 0.29) is 5.91 Å². The van der Waals surface area contributed by atoms with Gasteiger partial charge in [0.1, 0.15) is 0 Å². The molecule has 90 valence electrons. The fourth-order valence-corrected chi connectivity index (χ4v) is 1.25. The molecule has 4 nitrogen and oxygen atoms in total. The molecular weight excluding hydrogens is 192 g/mol. The van der Waals surface area contributed by atoms with E-state index in [2.05, 4.69) is 5.32 Å². The molecule has 0 saturated heterocycles. The number of nitrogens with one attached hydrogen (secondary N) is 1. The summed E-state index contributed by atoms with van der Waals surface area (Å²) in [7, 11) is 0. The third-order valence-corrected chi connectivity index (χ3v) is 2.36. The van der Waals surface area contributed by atoms with Crippen LogP contribution < -0.4 is 11.1 Å². The molecule has 4 N–H and O–H groups in total. The number of aliphatic hydroxyl groups excluding tert-OH is 1. The van der Waals surface area contributed by atoms with Crippen LogP contribution in [0.5, 0.6) is 0 Å². The molecule has 0 heterocycles. The summed E-state index contributed by atoms with van der Waals surface area (Å²) >= 11 is 0. The molecule has 0 aliphatic rings. The van der Waals surface area contributed by atoms with Crippen molar-refractivity contribution in [2.75, 3.05) is 13.1 Å². The van der Waals surface area contributed by atoms with Gasteiger partial charge in [-0.2, -0.15) is 0 Å². The second-order valence-electron chi connectivity index (χ2n) is 3.82. The maximum Gasteiger partial charge on any atom is 0.220 e. The highest BCUT2D eigenvalue weighted by Crippen LogP contribution is 2.01. The van der Waals surface area contributed by atoms with Crippen molar-refractivity contribution in [1.29, 1.82) is 0 Å². The first-order chi connectivity index (χ1) is 7.20. The minimum atomic E-state index is -0.411. The van der Waals surface area contributed by atoms with Crippen molar-refractivity contribution in [3.8, 4) is 0 Å². The van der Waals surface area contributed by atoms with E-state index in [0.717, 1.165) is 32.2 Å². The Hall–Kier alpha value is -0.610. The van der Waals surface area contributed by atoms with E-state index in [4.69, 9.17) is 5.73 Å². The highest BCUT2D eigenvalue weighted by Gasteiger charge is 2.04. The number of nitrogens with two attached hydrogens (primary N) is 1. The molecule has 4 heteroatoms. The van der Waals surface area contributed by atoms with Gasteiger partial charge in [0.15, 0.2) is 0 Å². The average Bonchev–Trinajstić information content (AvgIpc) is 2.25. The molecular formula is C11H24N2O2. The van der Waals surface area contributed by atoms with Crippen LogP contribution in [0.15, 0.2) is 0 Å². The topological polar surface area (TPSA) is 75.3 Å². The van der Waals surface area contributed by atoms with Crippen molar-refractivity contribution >= 4 is 5.91 Å². The van der Waals surface area contributed by atoms with Crippen LogP contribution in [0.4, 0.5) is 0 Å². The molecule has 0 radical (unpaired) electrons. The van der Waals surface area contributed by atoms with Crippen LogP contribution in [0.3, 0.4) is 0 Å². The quantitative estimate of drug-likeness (QED) is 0.499. The summed E-state index contributed by atoms with van der Waals surface area (Å²) in [4.78, 5) is 11.2. The third kappa shape index (κ3) is 9.69. The largest absolute Gasteiger partial charge is 0.391 e. The van der Waals surface area contributed by atoms with Gasteiger partial charge in [0.2, 0.25) is 5.91 Å².